The summed E-state index contributed by atoms with van der Waals surface area (Å²) in [6, 6.07) is 11.2. The van der Waals surface area contributed by atoms with Crippen LogP contribution in [0.1, 0.15) is 18.1 Å². The molecule has 3 aliphatic heterocycles. The second-order valence-corrected chi connectivity index (χ2v) is 8.11. The number of hydrogen-bond donors (Lipinski definition) is 1. The minimum atomic E-state index is -0.695. The molecule has 2 aromatic rings. The molecule has 8 heteroatoms. The van der Waals surface area contributed by atoms with Crippen LogP contribution in [0.4, 0.5) is 11.4 Å². The standard InChI is InChI=1S/C23H23N3O5/c1-14-13-25(7-8-26(14)18-4-5-19-16(10-18)6-9-30-19)23(29)22(28)24-17-3-2-15-11-21(27)31-20(15)12-17/h2-5,10,12,14H,6-9,11,13H2,1H3,(H,24,28)/t14-/m1/s1. The lowest BCUT2D eigenvalue weighted by atomic mass is 10.1. The van der Waals surface area contributed by atoms with Crippen molar-refractivity contribution in [2.24, 2.45) is 0 Å². The van der Waals surface area contributed by atoms with Gasteiger partial charge in [-0.1, -0.05) is 6.07 Å². The molecular weight excluding hydrogens is 398 g/mol. The number of ether oxygens (including phenoxy) is 2. The molecule has 2 aromatic carbocycles. The maximum absolute atomic E-state index is 12.7. The predicted octanol–water partition coefficient (Wildman–Crippen LogP) is 1.76. The van der Waals surface area contributed by atoms with E-state index in [1.54, 1.807) is 23.1 Å². The molecule has 2 amide bonds. The number of carbonyl (C=O) groups is 3. The number of piperazine rings is 1. The Hall–Kier alpha value is -3.55. The van der Waals surface area contributed by atoms with Gasteiger partial charge in [-0.15, -0.1) is 0 Å². The Morgan fingerprint density at radius 3 is 2.77 bits per heavy atom. The van der Waals surface area contributed by atoms with E-state index in [0.717, 1.165) is 30.0 Å². The number of anilines is 2. The maximum Gasteiger partial charge on any atom is 0.315 e. The van der Waals surface area contributed by atoms with Crippen LogP contribution in [0.5, 0.6) is 11.5 Å². The van der Waals surface area contributed by atoms with Gasteiger partial charge in [0.05, 0.1) is 13.0 Å². The van der Waals surface area contributed by atoms with E-state index in [9.17, 15) is 14.4 Å². The van der Waals surface area contributed by atoms with E-state index in [1.807, 2.05) is 12.1 Å². The predicted molar refractivity (Wildman–Crippen MR) is 113 cm³/mol. The average molecular weight is 421 g/mol. The van der Waals surface area contributed by atoms with E-state index in [1.165, 1.54) is 5.56 Å². The van der Waals surface area contributed by atoms with Crippen LogP contribution in [0.25, 0.3) is 0 Å². The van der Waals surface area contributed by atoms with Crippen LogP contribution in [0.15, 0.2) is 36.4 Å². The zero-order chi connectivity index (χ0) is 21.5. The summed E-state index contributed by atoms with van der Waals surface area (Å²) in [5, 5.41) is 2.62. The highest BCUT2D eigenvalue weighted by Crippen LogP contribution is 2.31. The minimum absolute atomic E-state index is 0.0743. The van der Waals surface area contributed by atoms with E-state index >= 15 is 0 Å². The fourth-order valence-corrected chi connectivity index (χ4v) is 4.39. The van der Waals surface area contributed by atoms with Gasteiger partial charge in [-0.25, -0.2) is 0 Å². The van der Waals surface area contributed by atoms with Crippen molar-refractivity contribution in [3.63, 3.8) is 0 Å². The van der Waals surface area contributed by atoms with Crippen molar-refractivity contribution >= 4 is 29.2 Å². The van der Waals surface area contributed by atoms with Crippen LogP contribution >= 0.6 is 0 Å². The first kappa shape index (κ1) is 19.4. The lowest BCUT2D eigenvalue weighted by molar-refractivity contribution is -0.143. The molecule has 3 aliphatic rings. The van der Waals surface area contributed by atoms with Gasteiger partial charge in [-0.05, 0) is 36.8 Å². The molecule has 5 rings (SSSR count). The third-order valence-electron chi connectivity index (χ3n) is 6.00. The Morgan fingerprint density at radius 2 is 1.94 bits per heavy atom. The lowest BCUT2D eigenvalue weighted by Gasteiger charge is -2.41. The Balaban J connectivity index is 1.21. The van der Waals surface area contributed by atoms with Crippen molar-refractivity contribution in [1.29, 1.82) is 0 Å². The highest BCUT2D eigenvalue weighted by Gasteiger charge is 2.31. The summed E-state index contributed by atoms with van der Waals surface area (Å²) >= 11 is 0. The van der Waals surface area contributed by atoms with Gasteiger partial charge >= 0.3 is 17.8 Å². The monoisotopic (exact) mass is 421 g/mol. The zero-order valence-electron chi connectivity index (χ0n) is 17.2. The molecule has 3 heterocycles. The number of benzene rings is 2. The number of rotatable bonds is 2. The molecule has 0 aromatic heterocycles. The van der Waals surface area contributed by atoms with E-state index < -0.39 is 11.8 Å². The molecular formula is C23H23N3O5. The van der Waals surface area contributed by atoms with Gasteiger partial charge in [0, 0.05) is 55.1 Å². The Morgan fingerprint density at radius 1 is 1.06 bits per heavy atom. The van der Waals surface area contributed by atoms with Crippen LogP contribution < -0.4 is 19.7 Å². The summed E-state index contributed by atoms with van der Waals surface area (Å²) in [4.78, 5) is 40.5. The van der Waals surface area contributed by atoms with Gasteiger partial charge < -0.3 is 24.6 Å². The number of esters is 1. The summed E-state index contributed by atoms with van der Waals surface area (Å²) in [6.07, 6.45) is 1.14. The molecule has 1 N–H and O–H groups in total. The number of amides is 2. The lowest BCUT2D eigenvalue weighted by Crippen LogP contribution is -2.55. The average Bonchev–Trinajstić information content (AvgIpc) is 3.37. The Bertz CT molecular complexity index is 1080. The molecule has 0 spiro atoms. The summed E-state index contributed by atoms with van der Waals surface area (Å²) in [5.74, 6) is -0.205. The SMILES string of the molecule is C[C@@H]1CN(C(=O)C(=O)Nc2ccc3c(c2)OC(=O)C3)CCN1c1ccc2c(c1)CCO2. The molecule has 1 saturated heterocycles. The molecule has 0 unspecified atom stereocenters. The number of nitrogens with one attached hydrogen (secondary N) is 1. The van der Waals surface area contributed by atoms with Crippen LogP contribution in [-0.4, -0.2) is 55.0 Å². The molecule has 160 valence electrons. The maximum atomic E-state index is 12.7. The summed E-state index contributed by atoms with van der Waals surface area (Å²) in [6.45, 7) is 4.34. The zero-order valence-corrected chi connectivity index (χ0v) is 17.2. The first-order valence-corrected chi connectivity index (χ1v) is 10.4. The molecule has 31 heavy (non-hydrogen) atoms. The summed E-state index contributed by atoms with van der Waals surface area (Å²) in [5.41, 5.74) is 3.53. The number of carbonyl (C=O) groups excluding carboxylic acids is 3. The minimum Gasteiger partial charge on any atom is -0.493 e. The van der Waals surface area contributed by atoms with Gasteiger partial charge in [0.25, 0.3) is 0 Å². The third kappa shape index (κ3) is 3.69. The van der Waals surface area contributed by atoms with Crippen LogP contribution in [0.3, 0.4) is 0 Å². The Kier molecular flexibility index (Phi) is 4.77. The fraction of sp³-hybridized carbons (Fsp3) is 0.348. The van der Waals surface area contributed by atoms with Crippen molar-refractivity contribution in [2.45, 2.75) is 25.8 Å². The van der Waals surface area contributed by atoms with Gasteiger partial charge in [-0.3, -0.25) is 14.4 Å². The largest absolute Gasteiger partial charge is 0.493 e. The number of nitrogens with zero attached hydrogens (tertiary/aromatic N) is 2. The van der Waals surface area contributed by atoms with E-state index in [4.69, 9.17) is 9.47 Å². The molecule has 0 radical (unpaired) electrons. The van der Waals surface area contributed by atoms with Gasteiger partial charge in [0.15, 0.2) is 0 Å². The highest BCUT2D eigenvalue weighted by atomic mass is 16.5. The quantitative estimate of drug-likeness (QED) is 0.452. The van der Waals surface area contributed by atoms with Gasteiger partial charge in [-0.2, -0.15) is 0 Å². The smallest absolute Gasteiger partial charge is 0.315 e. The topological polar surface area (TPSA) is 88.2 Å². The second kappa shape index (κ2) is 7.61. The van der Waals surface area contributed by atoms with E-state index in [0.29, 0.717) is 31.1 Å². The van der Waals surface area contributed by atoms with E-state index in [2.05, 4.69) is 23.2 Å². The second-order valence-electron chi connectivity index (χ2n) is 8.11. The van der Waals surface area contributed by atoms with Crippen LogP contribution in [0, 0.1) is 0 Å². The molecule has 8 nitrogen and oxygen atoms in total. The molecule has 0 aliphatic carbocycles. The van der Waals surface area contributed by atoms with Crippen LogP contribution in [0.2, 0.25) is 0 Å². The van der Waals surface area contributed by atoms with Gasteiger partial charge in [0.2, 0.25) is 0 Å². The summed E-state index contributed by atoms with van der Waals surface area (Å²) < 4.78 is 10.7. The summed E-state index contributed by atoms with van der Waals surface area (Å²) in [7, 11) is 0. The highest BCUT2D eigenvalue weighted by molar-refractivity contribution is 6.39. The van der Waals surface area contributed by atoms with Crippen molar-refractivity contribution in [3.05, 3.63) is 47.5 Å². The van der Waals surface area contributed by atoms with E-state index in [-0.39, 0.29) is 18.4 Å². The first-order valence-electron chi connectivity index (χ1n) is 10.4. The van der Waals surface area contributed by atoms with Crippen molar-refractivity contribution in [1.82, 2.24) is 4.90 Å². The van der Waals surface area contributed by atoms with Crippen molar-refractivity contribution < 1.29 is 23.9 Å². The third-order valence-corrected chi connectivity index (χ3v) is 6.00. The van der Waals surface area contributed by atoms with Crippen LogP contribution in [-0.2, 0) is 27.2 Å². The number of hydrogen-bond acceptors (Lipinski definition) is 6. The van der Waals surface area contributed by atoms with Crippen molar-refractivity contribution in [3.8, 4) is 11.5 Å². The fourth-order valence-electron chi connectivity index (χ4n) is 4.39. The van der Waals surface area contributed by atoms with Gasteiger partial charge in [0.1, 0.15) is 11.5 Å². The molecule has 0 saturated carbocycles. The van der Waals surface area contributed by atoms with Crippen molar-refractivity contribution in [2.75, 3.05) is 36.5 Å². The molecule has 1 atom stereocenters. The molecule has 1 fully saturated rings. The number of fused-ring (bicyclic) bond motifs is 2. The normalized spacial score (nSPS) is 19.4. The Labute approximate surface area is 179 Å². The first-order chi connectivity index (χ1) is 15.0. The molecule has 0 bridgehead atoms.